The van der Waals surface area contributed by atoms with E-state index in [1.807, 2.05) is 13.0 Å². The molecule has 8 heteroatoms. The second kappa shape index (κ2) is 8.77. The summed E-state index contributed by atoms with van der Waals surface area (Å²) >= 11 is 0. The third kappa shape index (κ3) is 5.27. The number of hydrogen-bond donors (Lipinski definition) is 2. The van der Waals surface area contributed by atoms with E-state index < -0.39 is 22.0 Å². The highest BCUT2D eigenvalue weighted by Crippen LogP contribution is 2.21. The first kappa shape index (κ1) is 19.9. The van der Waals surface area contributed by atoms with Crippen LogP contribution in [0.2, 0.25) is 0 Å². The van der Waals surface area contributed by atoms with Crippen LogP contribution in [0.5, 0.6) is 5.75 Å². The molecular weight excluding hydrogens is 354 g/mol. The van der Waals surface area contributed by atoms with Gasteiger partial charge in [-0.25, -0.2) is 8.42 Å². The summed E-state index contributed by atoms with van der Waals surface area (Å²) in [6, 6.07) is 9.04. The third-order valence-corrected chi connectivity index (χ3v) is 5.19. The first-order valence-electron chi connectivity index (χ1n) is 8.27. The van der Waals surface area contributed by atoms with Gasteiger partial charge < -0.3 is 10.1 Å². The van der Waals surface area contributed by atoms with Crippen LogP contribution in [0.4, 0.5) is 0 Å². The van der Waals surface area contributed by atoms with Crippen molar-refractivity contribution in [2.75, 3.05) is 6.61 Å². The molecule has 7 nitrogen and oxygen atoms in total. The number of carbonyl (C=O) groups excluding carboxylic acids is 1. The number of rotatable bonds is 8. The van der Waals surface area contributed by atoms with E-state index in [4.69, 9.17) is 4.74 Å². The van der Waals surface area contributed by atoms with Crippen LogP contribution in [0, 0.1) is 6.92 Å². The minimum absolute atomic E-state index is 0.0860. The minimum atomic E-state index is -3.82. The summed E-state index contributed by atoms with van der Waals surface area (Å²) in [6.07, 6.45) is 1.63. The Morgan fingerprint density at radius 3 is 2.65 bits per heavy atom. The highest BCUT2D eigenvalue weighted by Gasteiger charge is 2.22. The van der Waals surface area contributed by atoms with Crippen molar-refractivity contribution < 1.29 is 17.9 Å². The molecule has 1 aromatic carbocycles. The Bertz CT molecular complexity index is 854. The lowest BCUT2D eigenvalue weighted by molar-refractivity contribution is -0.122. The molecule has 1 atom stereocenters. The van der Waals surface area contributed by atoms with Crippen molar-refractivity contribution in [1.82, 2.24) is 15.0 Å². The summed E-state index contributed by atoms with van der Waals surface area (Å²) in [5.41, 5.74) is 1.40. The van der Waals surface area contributed by atoms with Gasteiger partial charge in [0.2, 0.25) is 15.9 Å². The Kier molecular flexibility index (Phi) is 6.70. The first-order valence-corrected chi connectivity index (χ1v) is 9.75. The van der Waals surface area contributed by atoms with Gasteiger partial charge in [-0.15, -0.1) is 0 Å². The van der Waals surface area contributed by atoms with Crippen molar-refractivity contribution in [2.24, 2.45) is 0 Å². The zero-order chi connectivity index (χ0) is 19.2. The topological polar surface area (TPSA) is 97.4 Å². The normalized spacial score (nSPS) is 12.4. The van der Waals surface area contributed by atoms with Crippen molar-refractivity contribution >= 4 is 15.9 Å². The van der Waals surface area contributed by atoms with E-state index in [2.05, 4.69) is 15.0 Å². The van der Waals surface area contributed by atoms with E-state index in [9.17, 15) is 13.2 Å². The number of pyridine rings is 1. The smallest absolute Gasteiger partial charge is 0.241 e. The number of benzene rings is 1. The average molecular weight is 377 g/mol. The molecule has 2 N–H and O–H groups in total. The molecule has 0 spiro atoms. The van der Waals surface area contributed by atoms with Gasteiger partial charge >= 0.3 is 0 Å². The quantitative estimate of drug-likeness (QED) is 0.731. The van der Waals surface area contributed by atoms with E-state index in [1.54, 1.807) is 31.3 Å². The maximum atomic E-state index is 12.5. The SMILES string of the molecule is CCOc1ccc(S(=O)(=O)NC(C)C(=O)NCc2ccccn2)cc1C. The maximum Gasteiger partial charge on any atom is 0.241 e. The Morgan fingerprint density at radius 2 is 2.04 bits per heavy atom. The van der Waals surface area contributed by atoms with Crippen molar-refractivity contribution in [1.29, 1.82) is 0 Å². The Hall–Kier alpha value is -2.45. The molecule has 140 valence electrons. The molecule has 0 bridgehead atoms. The van der Waals surface area contributed by atoms with Gasteiger partial charge in [-0.3, -0.25) is 9.78 Å². The number of aromatic nitrogens is 1. The van der Waals surface area contributed by atoms with Gasteiger partial charge in [0.05, 0.1) is 29.8 Å². The highest BCUT2D eigenvalue weighted by atomic mass is 32.2. The zero-order valence-corrected chi connectivity index (χ0v) is 15.8. The summed E-state index contributed by atoms with van der Waals surface area (Å²) in [7, 11) is -3.82. The van der Waals surface area contributed by atoms with Crippen LogP contribution in [0.15, 0.2) is 47.5 Å². The number of nitrogens with one attached hydrogen (secondary N) is 2. The van der Waals surface area contributed by atoms with E-state index in [0.717, 1.165) is 0 Å². The molecule has 0 radical (unpaired) electrons. The Morgan fingerprint density at radius 1 is 1.27 bits per heavy atom. The molecule has 1 unspecified atom stereocenters. The van der Waals surface area contributed by atoms with Gasteiger partial charge in [0.1, 0.15) is 5.75 Å². The fraction of sp³-hybridized carbons (Fsp3) is 0.333. The minimum Gasteiger partial charge on any atom is -0.494 e. The predicted octanol–water partition coefficient (Wildman–Crippen LogP) is 1.77. The average Bonchev–Trinajstić information content (AvgIpc) is 2.62. The van der Waals surface area contributed by atoms with Crippen LogP contribution in [-0.4, -0.2) is 32.0 Å². The van der Waals surface area contributed by atoms with Gasteiger partial charge in [-0.05, 0) is 56.7 Å². The number of hydrogen-bond acceptors (Lipinski definition) is 5. The zero-order valence-electron chi connectivity index (χ0n) is 15.0. The van der Waals surface area contributed by atoms with Gasteiger partial charge in [0.15, 0.2) is 0 Å². The number of ether oxygens (including phenoxy) is 1. The summed E-state index contributed by atoms with van der Waals surface area (Å²) in [5.74, 6) is 0.203. The summed E-state index contributed by atoms with van der Waals surface area (Å²) in [4.78, 5) is 16.3. The van der Waals surface area contributed by atoms with Crippen LogP contribution in [0.3, 0.4) is 0 Å². The lowest BCUT2D eigenvalue weighted by Gasteiger charge is -2.15. The van der Waals surface area contributed by atoms with E-state index in [0.29, 0.717) is 23.6 Å². The monoisotopic (exact) mass is 377 g/mol. The largest absolute Gasteiger partial charge is 0.494 e. The first-order chi connectivity index (χ1) is 12.3. The number of aryl methyl sites for hydroxylation is 1. The van der Waals surface area contributed by atoms with Crippen molar-refractivity contribution in [2.45, 2.75) is 38.3 Å². The molecule has 0 fully saturated rings. The molecule has 0 aliphatic heterocycles. The van der Waals surface area contributed by atoms with Crippen LogP contribution < -0.4 is 14.8 Å². The third-order valence-electron chi connectivity index (χ3n) is 3.65. The fourth-order valence-electron chi connectivity index (χ4n) is 2.29. The number of amides is 1. The van der Waals surface area contributed by atoms with Crippen LogP contribution >= 0.6 is 0 Å². The van der Waals surface area contributed by atoms with Crippen molar-refractivity contribution in [3.05, 3.63) is 53.9 Å². The highest BCUT2D eigenvalue weighted by molar-refractivity contribution is 7.89. The number of sulfonamides is 1. The molecule has 2 rings (SSSR count). The number of carbonyl (C=O) groups is 1. The number of nitrogens with zero attached hydrogens (tertiary/aromatic N) is 1. The lowest BCUT2D eigenvalue weighted by atomic mass is 10.2. The molecule has 1 amide bonds. The lowest BCUT2D eigenvalue weighted by Crippen LogP contribution is -2.44. The standard InChI is InChI=1S/C18H23N3O4S/c1-4-25-17-9-8-16(11-13(17)2)26(23,24)21-14(3)18(22)20-12-15-7-5-6-10-19-15/h5-11,14,21H,4,12H2,1-3H3,(H,20,22). The van der Waals surface area contributed by atoms with Crippen LogP contribution in [0.25, 0.3) is 0 Å². The van der Waals surface area contributed by atoms with Crippen LogP contribution in [0.1, 0.15) is 25.1 Å². The molecule has 1 heterocycles. The second-order valence-corrected chi connectivity index (χ2v) is 7.46. The van der Waals surface area contributed by atoms with Crippen LogP contribution in [-0.2, 0) is 21.4 Å². The van der Waals surface area contributed by atoms with Gasteiger partial charge in [0.25, 0.3) is 0 Å². The van der Waals surface area contributed by atoms with Gasteiger partial charge in [-0.2, -0.15) is 4.72 Å². The van der Waals surface area contributed by atoms with E-state index in [-0.39, 0.29) is 11.4 Å². The van der Waals surface area contributed by atoms with E-state index >= 15 is 0 Å². The fourth-order valence-corrected chi connectivity index (χ4v) is 3.58. The second-order valence-electron chi connectivity index (χ2n) is 5.74. The molecule has 1 aromatic heterocycles. The van der Waals surface area contributed by atoms with Crippen molar-refractivity contribution in [3.63, 3.8) is 0 Å². The molecule has 0 aliphatic carbocycles. The van der Waals surface area contributed by atoms with Crippen molar-refractivity contribution in [3.8, 4) is 5.75 Å². The maximum absolute atomic E-state index is 12.5. The molecule has 0 saturated carbocycles. The Labute approximate surface area is 153 Å². The van der Waals surface area contributed by atoms with E-state index in [1.165, 1.54) is 19.1 Å². The molecule has 26 heavy (non-hydrogen) atoms. The van der Waals surface area contributed by atoms with Gasteiger partial charge in [-0.1, -0.05) is 6.07 Å². The molecular formula is C18H23N3O4S. The molecule has 0 saturated heterocycles. The van der Waals surface area contributed by atoms with Gasteiger partial charge in [0, 0.05) is 6.20 Å². The summed E-state index contributed by atoms with van der Waals surface area (Å²) < 4.78 is 32.8. The Balaban J connectivity index is 2.01. The summed E-state index contributed by atoms with van der Waals surface area (Å²) in [5, 5.41) is 2.66. The molecule has 2 aromatic rings. The molecule has 0 aliphatic rings. The summed E-state index contributed by atoms with van der Waals surface area (Å²) in [6.45, 7) is 5.85. The predicted molar refractivity (Wildman–Crippen MR) is 98.2 cm³/mol.